The summed E-state index contributed by atoms with van der Waals surface area (Å²) in [6.45, 7) is 4.99. The third-order valence-corrected chi connectivity index (χ3v) is 4.91. The third kappa shape index (κ3) is 4.57. The lowest BCUT2D eigenvalue weighted by molar-refractivity contribution is -0.385. The molecule has 0 spiro atoms. The lowest BCUT2D eigenvalue weighted by Gasteiger charge is -2.11. The number of benzene rings is 2. The molecule has 0 aliphatic rings. The van der Waals surface area contributed by atoms with Gasteiger partial charge in [0.1, 0.15) is 0 Å². The summed E-state index contributed by atoms with van der Waals surface area (Å²) in [5.74, 6) is -0.510. The first-order chi connectivity index (χ1) is 12.1. The number of nitrogens with zero attached hydrogens (tertiary/aromatic N) is 1. The summed E-state index contributed by atoms with van der Waals surface area (Å²) in [6.07, 6.45) is -0.266. The zero-order chi connectivity index (χ0) is 19.5. The molecule has 0 aliphatic heterocycles. The molecule has 1 N–H and O–H groups in total. The fraction of sp³-hybridized carbons (Fsp3) is 0.235. The van der Waals surface area contributed by atoms with Gasteiger partial charge in [-0.05, 0) is 50.6 Å². The number of hydrogen-bond acceptors (Lipinski definition) is 6. The number of nitro groups is 1. The first-order valence-electron chi connectivity index (χ1n) is 7.69. The molecule has 8 nitrogen and oxygen atoms in total. The molecule has 9 heteroatoms. The second-order valence-electron chi connectivity index (χ2n) is 5.84. The number of rotatable bonds is 6. The SMILES string of the molecule is Cc1ccc([N+](=O)[O-])cc1S(=O)(=O)Nc1ccc(C(=O)OC(C)C)cc1. The summed E-state index contributed by atoms with van der Waals surface area (Å²) in [4.78, 5) is 21.8. The largest absolute Gasteiger partial charge is 0.459 e. The van der Waals surface area contributed by atoms with E-state index in [0.717, 1.165) is 6.07 Å². The van der Waals surface area contributed by atoms with Gasteiger partial charge in [-0.3, -0.25) is 14.8 Å². The number of ether oxygens (including phenoxy) is 1. The quantitative estimate of drug-likeness (QED) is 0.468. The van der Waals surface area contributed by atoms with E-state index in [2.05, 4.69) is 4.72 Å². The van der Waals surface area contributed by atoms with E-state index < -0.39 is 20.9 Å². The van der Waals surface area contributed by atoms with Crippen LogP contribution in [0.25, 0.3) is 0 Å². The molecule has 2 aromatic carbocycles. The van der Waals surface area contributed by atoms with Crippen LogP contribution in [-0.4, -0.2) is 25.4 Å². The Morgan fingerprint density at radius 2 is 1.77 bits per heavy atom. The Kier molecular flexibility index (Phi) is 5.61. The normalized spacial score (nSPS) is 11.2. The number of carbonyl (C=O) groups excluding carboxylic acids is 1. The van der Waals surface area contributed by atoms with Crippen LogP contribution in [0.1, 0.15) is 29.8 Å². The minimum atomic E-state index is -4.02. The lowest BCUT2D eigenvalue weighted by atomic mass is 10.2. The zero-order valence-corrected chi connectivity index (χ0v) is 15.2. The molecule has 0 aliphatic carbocycles. The monoisotopic (exact) mass is 378 g/mol. The second-order valence-corrected chi connectivity index (χ2v) is 7.49. The molecule has 2 rings (SSSR count). The smallest absolute Gasteiger partial charge is 0.338 e. The van der Waals surface area contributed by atoms with E-state index in [9.17, 15) is 23.3 Å². The number of non-ortho nitro benzene ring substituents is 1. The van der Waals surface area contributed by atoms with Crippen molar-refractivity contribution < 1.29 is 22.9 Å². The first kappa shape index (κ1) is 19.4. The minimum absolute atomic E-state index is 0.185. The van der Waals surface area contributed by atoms with Crippen molar-refractivity contribution in [2.75, 3.05) is 4.72 Å². The summed E-state index contributed by atoms with van der Waals surface area (Å²) in [5, 5.41) is 10.9. The molecule has 138 valence electrons. The number of aryl methyl sites for hydroxylation is 1. The number of sulfonamides is 1. The number of esters is 1. The topological polar surface area (TPSA) is 116 Å². The number of carbonyl (C=O) groups is 1. The molecule has 0 saturated heterocycles. The molecule has 26 heavy (non-hydrogen) atoms. The van der Waals surface area contributed by atoms with Gasteiger partial charge in [0.05, 0.1) is 21.5 Å². The van der Waals surface area contributed by atoms with Crippen LogP contribution >= 0.6 is 0 Å². The molecule has 0 amide bonds. The van der Waals surface area contributed by atoms with Gasteiger partial charge in [-0.15, -0.1) is 0 Å². The maximum Gasteiger partial charge on any atom is 0.338 e. The third-order valence-electron chi connectivity index (χ3n) is 3.39. The molecule has 0 fully saturated rings. The van der Waals surface area contributed by atoms with E-state index in [-0.39, 0.29) is 27.9 Å². The Morgan fingerprint density at radius 3 is 2.31 bits per heavy atom. The van der Waals surface area contributed by atoms with E-state index in [0.29, 0.717) is 5.56 Å². The van der Waals surface area contributed by atoms with Crippen LogP contribution in [0.15, 0.2) is 47.4 Å². The van der Waals surface area contributed by atoms with E-state index in [1.165, 1.54) is 36.4 Å². The Morgan fingerprint density at radius 1 is 1.15 bits per heavy atom. The average Bonchev–Trinajstić information content (AvgIpc) is 2.54. The predicted molar refractivity (Wildman–Crippen MR) is 95.6 cm³/mol. The number of hydrogen-bond donors (Lipinski definition) is 1. The maximum absolute atomic E-state index is 12.5. The lowest BCUT2D eigenvalue weighted by Crippen LogP contribution is -2.15. The van der Waals surface area contributed by atoms with Gasteiger partial charge >= 0.3 is 5.97 Å². The second kappa shape index (κ2) is 7.52. The predicted octanol–water partition coefficient (Wildman–Crippen LogP) is 3.27. The Hall–Kier alpha value is -2.94. The number of nitrogens with one attached hydrogen (secondary N) is 1. The van der Waals surface area contributed by atoms with Crippen molar-refractivity contribution in [1.29, 1.82) is 0 Å². The molecule has 2 aromatic rings. The fourth-order valence-corrected chi connectivity index (χ4v) is 3.48. The maximum atomic E-state index is 12.5. The highest BCUT2D eigenvalue weighted by molar-refractivity contribution is 7.92. The van der Waals surface area contributed by atoms with Crippen molar-refractivity contribution in [3.63, 3.8) is 0 Å². The first-order valence-corrected chi connectivity index (χ1v) is 9.17. The van der Waals surface area contributed by atoms with Crippen LogP contribution in [0.5, 0.6) is 0 Å². The van der Waals surface area contributed by atoms with Gasteiger partial charge in [0, 0.05) is 17.8 Å². The molecular weight excluding hydrogens is 360 g/mol. The fourth-order valence-electron chi connectivity index (χ4n) is 2.16. The summed E-state index contributed by atoms with van der Waals surface area (Å²) >= 11 is 0. The van der Waals surface area contributed by atoms with Crippen molar-refractivity contribution in [3.8, 4) is 0 Å². The number of nitro benzene ring substituents is 1. The van der Waals surface area contributed by atoms with Crippen LogP contribution in [0, 0.1) is 17.0 Å². The van der Waals surface area contributed by atoms with Crippen molar-refractivity contribution in [1.82, 2.24) is 0 Å². The van der Waals surface area contributed by atoms with Crippen LogP contribution in [0.2, 0.25) is 0 Å². The summed E-state index contributed by atoms with van der Waals surface area (Å²) in [6, 6.07) is 9.32. The van der Waals surface area contributed by atoms with E-state index in [1.54, 1.807) is 20.8 Å². The van der Waals surface area contributed by atoms with Crippen LogP contribution in [0.3, 0.4) is 0 Å². The van der Waals surface area contributed by atoms with Crippen LogP contribution in [0.4, 0.5) is 11.4 Å². The number of anilines is 1. The van der Waals surface area contributed by atoms with Gasteiger partial charge in [0.25, 0.3) is 15.7 Å². The summed E-state index contributed by atoms with van der Waals surface area (Å²) in [5.41, 5.74) is 0.563. The standard InChI is InChI=1S/C17H18N2O6S/c1-11(2)25-17(20)13-5-7-14(8-6-13)18-26(23,24)16-10-15(19(21)22)9-4-12(16)3/h4-11,18H,1-3H3. The molecule has 0 unspecified atom stereocenters. The van der Waals surface area contributed by atoms with Gasteiger partial charge in [-0.2, -0.15) is 0 Å². The molecule has 0 saturated carbocycles. The van der Waals surface area contributed by atoms with Gasteiger partial charge in [-0.1, -0.05) is 6.07 Å². The molecule has 0 heterocycles. The highest BCUT2D eigenvalue weighted by Gasteiger charge is 2.21. The van der Waals surface area contributed by atoms with Gasteiger partial charge in [-0.25, -0.2) is 13.2 Å². The molecule has 0 atom stereocenters. The minimum Gasteiger partial charge on any atom is -0.459 e. The zero-order valence-electron chi connectivity index (χ0n) is 14.4. The Bertz CT molecular complexity index is 936. The summed E-state index contributed by atoms with van der Waals surface area (Å²) in [7, 11) is -4.02. The average molecular weight is 378 g/mol. The summed E-state index contributed by atoms with van der Waals surface area (Å²) < 4.78 is 32.5. The Balaban J connectivity index is 2.26. The van der Waals surface area contributed by atoms with E-state index in [4.69, 9.17) is 4.74 Å². The highest BCUT2D eigenvalue weighted by Crippen LogP contribution is 2.24. The Labute approximate surface area is 151 Å². The molecule has 0 bridgehead atoms. The van der Waals surface area contributed by atoms with Gasteiger partial charge in [0.2, 0.25) is 0 Å². The van der Waals surface area contributed by atoms with E-state index in [1.807, 2.05) is 0 Å². The molecule has 0 aromatic heterocycles. The van der Waals surface area contributed by atoms with Crippen molar-refractivity contribution >= 4 is 27.4 Å². The highest BCUT2D eigenvalue weighted by atomic mass is 32.2. The molecule has 0 radical (unpaired) electrons. The van der Waals surface area contributed by atoms with Crippen LogP contribution < -0.4 is 4.72 Å². The molecular formula is C17H18N2O6S. The van der Waals surface area contributed by atoms with Crippen molar-refractivity contribution in [2.45, 2.75) is 31.8 Å². The van der Waals surface area contributed by atoms with Gasteiger partial charge in [0.15, 0.2) is 0 Å². The van der Waals surface area contributed by atoms with E-state index >= 15 is 0 Å². The van der Waals surface area contributed by atoms with Crippen molar-refractivity contribution in [3.05, 3.63) is 63.7 Å². The van der Waals surface area contributed by atoms with Crippen molar-refractivity contribution in [2.24, 2.45) is 0 Å². The van der Waals surface area contributed by atoms with Gasteiger partial charge < -0.3 is 4.74 Å². The van der Waals surface area contributed by atoms with Crippen LogP contribution in [-0.2, 0) is 14.8 Å².